The minimum absolute atomic E-state index is 0.0192. The quantitative estimate of drug-likeness (QED) is 0.867. The summed E-state index contributed by atoms with van der Waals surface area (Å²) < 4.78 is 16.3. The molecule has 0 unspecified atom stereocenters. The van der Waals surface area contributed by atoms with Crippen molar-refractivity contribution in [3.05, 3.63) is 46.3 Å². The van der Waals surface area contributed by atoms with Crippen molar-refractivity contribution in [2.45, 2.75) is 38.1 Å². The fraction of sp³-hybridized carbons (Fsp3) is 0.375. The van der Waals surface area contributed by atoms with Crippen LogP contribution in [0.4, 0.5) is 10.2 Å². The molecule has 1 saturated carbocycles. The van der Waals surface area contributed by atoms with E-state index in [0.717, 1.165) is 12.8 Å². The molecule has 0 spiro atoms. The zero-order valence-electron chi connectivity index (χ0n) is 12.1. The lowest BCUT2D eigenvalue weighted by Crippen LogP contribution is -2.20. The number of anilines is 1. The number of halogens is 2. The van der Waals surface area contributed by atoms with Crippen LogP contribution < -0.4 is 5.32 Å². The van der Waals surface area contributed by atoms with Gasteiger partial charge in [0.15, 0.2) is 0 Å². The van der Waals surface area contributed by atoms with Crippen LogP contribution >= 0.6 is 15.9 Å². The van der Waals surface area contributed by atoms with Gasteiger partial charge in [-0.2, -0.15) is 5.10 Å². The number of carbonyl (C=O) groups is 1. The first-order valence-corrected chi connectivity index (χ1v) is 8.24. The Hall–Kier alpha value is -1.69. The standard InChI is InChI=1S/C16H17BrFN3O/c17-11-6-7-14(18)13(10-11)16(22)20-15-8-9-19-21(15)12-4-2-1-3-5-12/h6-10,12H,1-5H2,(H,20,22). The van der Waals surface area contributed by atoms with Crippen LogP contribution in [0.1, 0.15) is 48.5 Å². The third-order valence-corrected chi connectivity index (χ3v) is 4.50. The van der Waals surface area contributed by atoms with Crippen LogP contribution in [-0.4, -0.2) is 15.7 Å². The molecular weight excluding hydrogens is 349 g/mol. The Labute approximate surface area is 136 Å². The maximum Gasteiger partial charge on any atom is 0.259 e. The van der Waals surface area contributed by atoms with Crippen molar-refractivity contribution in [3.63, 3.8) is 0 Å². The Balaban J connectivity index is 1.80. The molecule has 1 aliphatic carbocycles. The molecule has 1 aliphatic rings. The van der Waals surface area contributed by atoms with Gasteiger partial charge in [0.25, 0.3) is 5.91 Å². The van der Waals surface area contributed by atoms with E-state index in [9.17, 15) is 9.18 Å². The zero-order valence-corrected chi connectivity index (χ0v) is 13.6. The van der Waals surface area contributed by atoms with Gasteiger partial charge in [-0.15, -0.1) is 0 Å². The number of nitrogens with one attached hydrogen (secondary N) is 1. The highest BCUT2D eigenvalue weighted by Gasteiger charge is 2.20. The number of rotatable bonds is 3. The maximum absolute atomic E-state index is 13.8. The maximum atomic E-state index is 13.8. The summed E-state index contributed by atoms with van der Waals surface area (Å²) in [5.41, 5.74) is 0.0192. The van der Waals surface area contributed by atoms with Crippen molar-refractivity contribution in [3.8, 4) is 0 Å². The summed E-state index contributed by atoms with van der Waals surface area (Å²) in [5.74, 6) is -0.378. The normalized spacial score (nSPS) is 15.7. The van der Waals surface area contributed by atoms with Crippen LogP contribution in [0.15, 0.2) is 34.9 Å². The van der Waals surface area contributed by atoms with Crippen molar-refractivity contribution in [1.82, 2.24) is 9.78 Å². The molecule has 116 valence electrons. The Morgan fingerprint density at radius 3 is 2.82 bits per heavy atom. The average Bonchev–Trinajstić information content (AvgIpc) is 2.98. The van der Waals surface area contributed by atoms with Gasteiger partial charge in [0.05, 0.1) is 17.8 Å². The van der Waals surface area contributed by atoms with Crippen molar-refractivity contribution < 1.29 is 9.18 Å². The van der Waals surface area contributed by atoms with Crippen LogP contribution in [-0.2, 0) is 0 Å². The highest BCUT2D eigenvalue weighted by Crippen LogP contribution is 2.30. The van der Waals surface area contributed by atoms with E-state index in [0.29, 0.717) is 16.3 Å². The molecule has 1 fully saturated rings. The number of hydrogen-bond acceptors (Lipinski definition) is 2. The summed E-state index contributed by atoms with van der Waals surface area (Å²) in [6.45, 7) is 0. The zero-order chi connectivity index (χ0) is 15.5. The fourth-order valence-electron chi connectivity index (χ4n) is 2.89. The van der Waals surface area contributed by atoms with Gasteiger partial charge < -0.3 is 5.32 Å². The number of amides is 1. The van der Waals surface area contributed by atoms with E-state index in [4.69, 9.17) is 0 Å². The fourth-order valence-corrected chi connectivity index (χ4v) is 3.25. The molecule has 0 radical (unpaired) electrons. The number of carbonyl (C=O) groups excluding carboxylic acids is 1. The van der Waals surface area contributed by atoms with Crippen LogP contribution in [0.3, 0.4) is 0 Å². The van der Waals surface area contributed by atoms with E-state index in [1.807, 2.05) is 4.68 Å². The molecule has 1 aromatic carbocycles. The first-order valence-electron chi connectivity index (χ1n) is 7.45. The van der Waals surface area contributed by atoms with E-state index in [2.05, 4.69) is 26.3 Å². The Kier molecular flexibility index (Phi) is 4.57. The van der Waals surface area contributed by atoms with Crippen molar-refractivity contribution in [2.75, 3.05) is 5.32 Å². The number of hydrogen-bond donors (Lipinski definition) is 1. The van der Waals surface area contributed by atoms with E-state index in [1.54, 1.807) is 18.3 Å². The van der Waals surface area contributed by atoms with Gasteiger partial charge in [-0.3, -0.25) is 4.79 Å². The van der Waals surface area contributed by atoms with Gasteiger partial charge in [0.1, 0.15) is 11.6 Å². The molecule has 0 atom stereocenters. The van der Waals surface area contributed by atoms with Crippen LogP contribution in [0.25, 0.3) is 0 Å². The monoisotopic (exact) mass is 365 g/mol. The van der Waals surface area contributed by atoms with Crippen LogP contribution in [0.5, 0.6) is 0 Å². The lowest BCUT2D eigenvalue weighted by Gasteiger charge is -2.23. The lowest BCUT2D eigenvalue weighted by atomic mass is 9.96. The highest BCUT2D eigenvalue weighted by atomic mass is 79.9. The molecule has 0 aliphatic heterocycles. The van der Waals surface area contributed by atoms with Crippen LogP contribution in [0.2, 0.25) is 0 Å². The molecule has 1 heterocycles. The SMILES string of the molecule is O=C(Nc1ccnn1C1CCCCC1)c1cc(Br)ccc1F. The predicted molar refractivity (Wildman–Crippen MR) is 86.4 cm³/mol. The average molecular weight is 366 g/mol. The summed E-state index contributed by atoms with van der Waals surface area (Å²) in [5, 5.41) is 7.10. The molecule has 1 amide bonds. The number of nitrogens with zero attached hydrogens (tertiary/aromatic N) is 2. The largest absolute Gasteiger partial charge is 0.307 e. The third-order valence-electron chi connectivity index (χ3n) is 4.01. The Morgan fingerprint density at radius 1 is 1.27 bits per heavy atom. The van der Waals surface area contributed by atoms with E-state index >= 15 is 0 Å². The van der Waals surface area contributed by atoms with Crippen molar-refractivity contribution in [2.24, 2.45) is 0 Å². The minimum Gasteiger partial charge on any atom is -0.307 e. The lowest BCUT2D eigenvalue weighted by molar-refractivity contribution is 0.102. The van der Waals surface area contributed by atoms with E-state index < -0.39 is 11.7 Å². The molecule has 0 saturated heterocycles. The van der Waals surface area contributed by atoms with Crippen molar-refractivity contribution >= 4 is 27.7 Å². The molecular formula is C16H17BrFN3O. The third kappa shape index (κ3) is 3.21. The molecule has 2 aromatic rings. The molecule has 1 N–H and O–H groups in total. The summed E-state index contributed by atoms with van der Waals surface area (Å²) in [4.78, 5) is 12.3. The van der Waals surface area contributed by atoms with Crippen molar-refractivity contribution in [1.29, 1.82) is 0 Å². The molecule has 22 heavy (non-hydrogen) atoms. The topological polar surface area (TPSA) is 46.9 Å². The Bertz CT molecular complexity index is 680. The van der Waals surface area contributed by atoms with Gasteiger partial charge in [-0.05, 0) is 31.0 Å². The summed E-state index contributed by atoms with van der Waals surface area (Å²) >= 11 is 3.26. The number of benzene rings is 1. The molecule has 4 nitrogen and oxygen atoms in total. The summed E-state index contributed by atoms with van der Waals surface area (Å²) in [6.07, 6.45) is 7.41. The van der Waals surface area contributed by atoms with Gasteiger partial charge in [0.2, 0.25) is 0 Å². The van der Waals surface area contributed by atoms with E-state index in [1.165, 1.54) is 31.4 Å². The second-order valence-electron chi connectivity index (χ2n) is 5.53. The van der Waals surface area contributed by atoms with Gasteiger partial charge >= 0.3 is 0 Å². The first kappa shape index (κ1) is 15.2. The summed E-state index contributed by atoms with van der Waals surface area (Å²) in [7, 11) is 0. The van der Waals surface area contributed by atoms with Gasteiger partial charge in [-0.1, -0.05) is 35.2 Å². The second-order valence-corrected chi connectivity index (χ2v) is 6.45. The first-order chi connectivity index (χ1) is 10.6. The minimum atomic E-state index is -0.538. The smallest absolute Gasteiger partial charge is 0.259 e. The molecule has 6 heteroatoms. The van der Waals surface area contributed by atoms with E-state index in [-0.39, 0.29) is 5.56 Å². The Morgan fingerprint density at radius 2 is 2.05 bits per heavy atom. The highest BCUT2D eigenvalue weighted by molar-refractivity contribution is 9.10. The second kappa shape index (κ2) is 6.60. The summed E-state index contributed by atoms with van der Waals surface area (Å²) in [6, 6.07) is 6.39. The predicted octanol–water partition coefficient (Wildman–Crippen LogP) is 4.54. The molecule has 3 rings (SSSR count). The van der Waals surface area contributed by atoms with Gasteiger partial charge in [0, 0.05) is 10.5 Å². The molecule has 0 bridgehead atoms. The molecule has 1 aromatic heterocycles. The van der Waals surface area contributed by atoms with Gasteiger partial charge in [-0.25, -0.2) is 9.07 Å². The number of aromatic nitrogens is 2. The van der Waals surface area contributed by atoms with Crippen LogP contribution in [0, 0.1) is 5.82 Å².